The lowest BCUT2D eigenvalue weighted by molar-refractivity contribution is -0.127. The molecule has 6 nitrogen and oxygen atoms in total. The van der Waals surface area contributed by atoms with Gasteiger partial charge < -0.3 is 14.8 Å². The fourth-order valence-corrected chi connectivity index (χ4v) is 2.66. The van der Waals surface area contributed by atoms with E-state index in [1.165, 1.54) is 0 Å². The Bertz CT molecular complexity index is 678. The van der Waals surface area contributed by atoms with Gasteiger partial charge in [0, 0.05) is 24.9 Å². The van der Waals surface area contributed by atoms with Crippen LogP contribution in [0.4, 0.5) is 0 Å². The Morgan fingerprint density at radius 3 is 2.96 bits per heavy atom. The Hall–Kier alpha value is -2.34. The zero-order valence-electron chi connectivity index (χ0n) is 14.1. The van der Waals surface area contributed by atoms with E-state index < -0.39 is 6.10 Å². The van der Waals surface area contributed by atoms with Crippen LogP contribution >= 0.6 is 0 Å². The maximum atomic E-state index is 12.2. The van der Waals surface area contributed by atoms with Gasteiger partial charge in [-0.25, -0.2) is 4.68 Å². The third-order valence-corrected chi connectivity index (χ3v) is 4.06. The highest BCUT2D eigenvalue weighted by Gasteiger charge is 2.21. The molecule has 2 atom stereocenters. The molecule has 2 aromatic rings. The van der Waals surface area contributed by atoms with Gasteiger partial charge in [-0.1, -0.05) is 18.2 Å². The Morgan fingerprint density at radius 2 is 2.25 bits per heavy atom. The van der Waals surface area contributed by atoms with Crippen LogP contribution in [-0.2, 0) is 9.53 Å². The Labute approximate surface area is 141 Å². The number of ether oxygens (including phenoxy) is 2. The summed E-state index contributed by atoms with van der Waals surface area (Å²) in [4.78, 5) is 12.2. The Morgan fingerprint density at radius 1 is 1.46 bits per heavy atom. The van der Waals surface area contributed by atoms with Crippen molar-refractivity contribution < 1.29 is 14.3 Å². The van der Waals surface area contributed by atoms with Crippen LogP contribution < -0.4 is 10.1 Å². The van der Waals surface area contributed by atoms with Crippen molar-refractivity contribution in [3.8, 4) is 11.6 Å². The van der Waals surface area contributed by atoms with E-state index in [0.29, 0.717) is 12.4 Å². The van der Waals surface area contributed by atoms with E-state index in [1.54, 1.807) is 11.6 Å². The molecule has 2 unspecified atom stereocenters. The van der Waals surface area contributed by atoms with E-state index in [2.05, 4.69) is 10.4 Å². The molecule has 1 N–H and O–H groups in total. The first-order valence-corrected chi connectivity index (χ1v) is 8.31. The first kappa shape index (κ1) is 16.5. The van der Waals surface area contributed by atoms with Crippen molar-refractivity contribution in [2.45, 2.75) is 38.9 Å². The number of hydrogen-bond donors (Lipinski definition) is 1. The van der Waals surface area contributed by atoms with Crippen LogP contribution in [0, 0.1) is 6.92 Å². The van der Waals surface area contributed by atoms with Gasteiger partial charge in [0.05, 0.1) is 11.8 Å². The quantitative estimate of drug-likeness (QED) is 0.883. The summed E-state index contributed by atoms with van der Waals surface area (Å²) >= 11 is 0. The van der Waals surface area contributed by atoms with Crippen LogP contribution in [0.5, 0.6) is 5.88 Å². The molecule has 1 aliphatic heterocycles. The van der Waals surface area contributed by atoms with Gasteiger partial charge in [0.1, 0.15) is 0 Å². The minimum absolute atomic E-state index is 0.125. The predicted molar refractivity (Wildman–Crippen MR) is 90.4 cm³/mol. The van der Waals surface area contributed by atoms with Gasteiger partial charge in [0.2, 0.25) is 5.88 Å². The minimum atomic E-state index is -0.607. The fourth-order valence-electron chi connectivity index (χ4n) is 2.66. The summed E-state index contributed by atoms with van der Waals surface area (Å²) in [6.07, 6.45) is 3.46. The highest BCUT2D eigenvalue weighted by atomic mass is 16.5. The number of rotatable bonds is 6. The molecule has 1 aliphatic rings. The van der Waals surface area contributed by atoms with E-state index in [4.69, 9.17) is 9.47 Å². The second-order valence-corrected chi connectivity index (χ2v) is 6.04. The average Bonchev–Trinajstić information content (AvgIpc) is 3.24. The maximum absolute atomic E-state index is 12.2. The van der Waals surface area contributed by atoms with Gasteiger partial charge >= 0.3 is 0 Å². The summed E-state index contributed by atoms with van der Waals surface area (Å²) in [6.45, 7) is 4.96. The number of nitrogens with zero attached hydrogens (tertiary/aromatic N) is 2. The van der Waals surface area contributed by atoms with E-state index in [1.807, 2.05) is 43.5 Å². The normalized spacial score (nSPS) is 18.3. The van der Waals surface area contributed by atoms with Crippen molar-refractivity contribution in [3.05, 3.63) is 42.1 Å². The summed E-state index contributed by atoms with van der Waals surface area (Å²) in [5, 5.41) is 7.31. The van der Waals surface area contributed by atoms with Crippen molar-refractivity contribution in [2.24, 2.45) is 0 Å². The molecule has 1 fully saturated rings. The predicted octanol–water partition coefficient (Wildman–Crippen LogP) is 2.24. The van der Waals surface area contributed by atoms with E-state index in [9.17, 15) is 4.79 Å². The number of carbonyl (C=O) groups excluding carboxylic acids is 1. The SMILES string of the molecule is Cc1cn(-c2ccccc2)nc1OC(C)C(=O)NCC1CCCO1. The lowest BCUT2D eigenvalue weighted by Gasteiger charge is -2.15. The van der Waals surface area contributed by atoms with Gasteiger partial charge in [0.25, 0.3) is 5.91 Å². The smallest absolute Gasteiger partial charge is 0.260 e. The second-order valence-electron chi connectivity index (χ2n) is 6.04. The van der Waals surface area contributed by atoms with Crippen LogP contribution in [0.25, 0.3) is 5.69 Å². The molecule has 1 amide bonds. The van der Waals surface area contributed by atoms with Gasteiger partial charge in [-0.2, -0.15) is 0 Å². The maximum Gasteiger partial charge on any atom is 0.260 e. The first-order valence-electron chi connectivity index (χ1n) is 8.31. The van der Waals surface area contributed by atoms with E-state index in [0.717, 1.165) is 30.7 Å². The third-order valence-electron chi connectivity index (χ3n) is 4.06. The molecule has 0 saturated carbocycles. The number of aryl methyl sites for hydroxylation is 1. The Kier molecular flexibility index (Phi) is 5.15. The molecule has 24 heavy (non-hydrogen) atoms. The molecule has 0 aliphatic carbocycles. The van der Waals surface area contributed by atoms with Gasteiger partial charge in [-0.05, 0) is 38.8 Å². The number of benzene rings is 1. The molecule has 2 heterocycles. The van der Waals surface area contributed by atoms with Crippen molar-refractivity contribution in [2.75, 3.05) is 13.2 Å². The van der Waals surface area contributed by atoms with Gasteiger partial charge in [-0.15, -0.1) is 5.10 Å². The molecule has 1 aromatic heterocycles. The van der Waals surface area contributed by atoms with Crippen molar-refractivity contribution in [1.29, 1.82) is 0 Å². The Balaban J connectivity index is 1.58. The van der Waals surface area contributed by atoms with Crippen molar-refractivity contribution >= 4 is 5.91 Å². The van der Waals surface area contributed by atoms with Gasteiger partial charge in [0.15, 0.2) is 6.10 Å². The topological polar surface area (TPSA) is 65.4 Å². The third kappa shape index (κ3) is 3.94. The van der Waals surface area contributed by atoms with Gasteiger partial charge in [-0.3, -0.25) is 4.79 Å². The molecule has 0 radical (unpaired) electrons. The summed E-state index contributed by atoms with van der Waals surface area (Å²) < 4.78 is 13.0. The monoisotopic (exact) mass is 329 g/mol. The summed E-state index contributed by atoms with van der Waals surface area (Å²) in [5.41, 5.74) is 1.84. The van der Waals surface area contributed by atoms with Crippen LogP contribution in [0.1, 0.15) is 25.3 Å². The van der Waals surface area contributed by atoms with E-state index >= 15 is 0 Å². The van der Waals surface area contributed by atoms with Crippen LogP contribution in [0.3, 0.4) is 0 Å². The molecule has 3 rings (SSSR count). The van der Waals surface area contributed by atoms with Crippen LogP contribution in [-0.4, -0.2) is 41.0 Å². The minimum Gasteiger partial charge on any atom is -0.463 e. The fraction of sp³-hybridized carbons (Fsp3) is 0.444. The summed E-state index contributed by atoms with van der Waals surface area (Å²) in [6, 6.07) is 9.79. The zero-order valence-corrected chi connectivity index (χ0v) is 14.1. The highest BCUT2D eigenvalue weighted by molar-refractivity contribution is 5.80. The number of para-hydroxylation sites is 1. The molecule has 128 valence electrons. The van der Waals surface area contributed by atoms with Crippen molar-refractivity contribution in [3.63, 3.8) is 0 Å². The molecular formula is C18H23N3O3. The number of carbonyl (C=O) groups is 1. The van der Waals surface area contributed by atoms with Crippen LogP contribution in [0.2, 0.25) is 0 Å². The molecule has 1 aromatic carbocycles. The lowest BCUT2D eigenvalue weighted by Crippen LogP contribution is -2.40. The molecule has 6 heteroatoms. The van der Waals surface area contributed by atoms with E-state index in [-0.39, 0.29) is 12.0 Å². The van der Waals surface area contributed by atoms with Crippen LogP contribution in [0.15, 0.2) is 36.5 Å². The second kappa shape index (κ2) is 7.49. The average molecular weight is 329 g/mol. The lowest BCUT2D eigenvalue weighted by atomic mass is 10.2. The number of amides is 1. The summed E-state index contributed by atoms with van der Waals surface area (Å²) in [5.74, 6) is 0.317. The highest BCUT2D eigenvalue weighted by Crippen LogP contribution is 2.19. The first-order chi connectivity index (χ1) is 11.6. The van der Waals surface area contributed by atoms with Crippen molar-refractivity contribution in [1.82, 2.24) is 15.1 Å². The number of nitrogens with one attached hydrogen (secondary N) is 1. The summed E-state index contributed by atoms with van der Waals surface area (Å²) in [7, 11) is 0. The molecule has 1 saturated heterocycles. The molecule has 0 spiro atoms. The number of hydrogen-bond acceptors (Lipinski definition) is 4. The standard InChI is InChI=1S/C18H23N3O3/c1-13-12-21(15-7-4-3-5-8-15)20-18(13)24-14(2)17(22)19-11-16-9-6-10-23-16/h3-5,7-8,12,14,16H,6,9-11H2,1-2H3,(H,19,22). The largest absolute Gasteiger partial charge is 0.463 e. The number of aromatic nitrogens is 2. The zero-order chi connectivity index (χ0) is 16.9. The molecule has 0 bridgehead atoms. The molecular weight excluding hydrogens is 306 g/mol.